The highest BCUT2D eigenvalue weighted by Gasteiger charge is 2.38. The number of carbonyl (C=O) groups is 1. The summed E-state index contributed by atoms with van der Waals surface area (Å²) in [4.78, 5) is 56.2. The lowest BCUT2D eigenvalue weighted by Crippen LogP contribution is -2.46. The second-order valence-electron chi connectivity index (χ2n) is 8.09. The number of halogens is 3. The van der Waals surface area contributed by atoms with Crippen LogP contribution >= 0.6 is 0 Å². The van der Waals surface area contributed by atoms with E-state index in [1.165, 1.54) is 42.7 Å². The summed E-state index contributed by atoms with van der Waals surface area (Å²) in [6, 6.07) is 5.64. The summed E-state index contributed by atoms with van der Waals surface area (Å²) in [6.07, 6.45) is -0.578. The summed E-state index contributed by atoms with van der Waals surface area (Å²) in [5.74, 6) is -2.76. The molecule has 0 atom stereocenters. The van der Waals surface area contributed by atoms with Gasteiger partial charge in [-0.25, -0.2) is 9.78 Å². The molecular weight excluding hydrogens is 475 g/mol. The van der Waals surface area contributed by atoms with Gasteiger partial charge in [0.1, 0.15) is 10.7 Å². The number of aromatic amines is 3. The molecule has 0 bridgehead atoms. The van der Waals surface area contributed by atoms with Crippen molar-refractivity contribution in [3.8, 4) is 0 Å². The van der Waals surface area contributed by atoms with E-state index in [9.17, 15) is 32.9 Å². The zero-order chi connectivity index (χ0) is 26.6. The summed E-state index contributed by atoms with van der Waals surface area (Å²) in [5, 5.41) is 18.0. The Bertz CT molecular complexity index is 1460. The van der Waals surface area contributed by atoms with Crippen molar-refractivity contribution in [3.63, 3.8) is 0 Å². The van der Waals surface area contributed by atoms with Crippen molar-refractivity contribution in [3.05, 3.63) is 89.1 Å². The van der Waals surface area contributed by atoms with Gasteiger partial charge >= 0.3 is 12.1 Å². The average molecular weight is 495 g/mol. The lowest BCUT2D eigenvalue weighted by atomic mass is 9.90. The molecule has 11 nitrogen and oxygen atoms in total. The topological polar surface area (TPSA) is 175 Å². The van der Waals surface area contributed by atoms with Crippen molar-refractivity contribution in [2.24, 2.45) is 0 Å². The molecule has 0 unspecified atom stereocenters. The predicted octanol–water partition coefficient (Wildman–Crippen LogP) is 1.28. The highest BCUT2D eigenvalue weighted by molar-refractivity contribution is 5.73. The molecule has 0 aliphatic carbocycles. The van der Waals surface area contributed by atoms with Gasteiger partial charge in [-0.2, -0.15) is 13.2 Å². The Labute approximate surface area is 193 Å². The van der Waals surface area contributed by atoms with Gasteiger partial charge in [0, 0.05) is 23.2 Å². The number of benzene rings is 1. The number of imidazole rings is 1. The molecule has 0 aliphatic heterocycles. The Hall–Kier alpha value is -4.49. The number of hydrogen-bond donors (Lipinski definition) is 4. The zero-order valence-corrected chi connectivity index (χ0v) is 18.6. The second kappa shape index (κ2) is 10.2. The fourth-order valence-electron chi connectivity index (χ4n) is 2.71. The summed E-state index contributed by atoms with van der Waals surface area (Å²) in [5.41, 5.74) is 0.727. The number of H-pyrrole nitrogens is 3. The van der Waals surface area contributed by atoms with Crippen LogP contribution in [0.2, 0.25) is 0 Å². The van der Waals surface area contributed by atoms with Crippen molar-refractivity contribution in [2.45, 2.75) is 32.4 Å². The molecule has 4 N–H and O–H groups in total. The van der Waals surface area contributed by atoms with Crippen LogP contribution in [0.3, 0.4) is 0 Å². The Kier molecular flexibility index (Phi) is 7.79. The number of hydrogen-bond acceptors (Lipinski definition) is 6. The van der Waals surface area contributed by atoms with Crippen LogP contribution in [0.4, 0.5) is 18.9 Å². The minimum Gasteiger partial charge on any atom is -0.475 e. The standard InChI is InChI=1S/C19H19N5O4.C2HF3O2/c1-19(2,3)16-13(20-10-21-16)9-15-18(26)22-14(17(25)23-15)8-11-4-6-12(7-5-11)24(27)28;3-2(4,5)1(6)7/h4-10H,1-3H3,(H,20,21)(H,22,26)(H,23,25);(H,6,7)/b14-8-,15-9-;. The lowest BCUT2D eigenvalue weighted by molar-refractivity contribution is -0.384. The second-order valence-corrected chi connectivity index (χ2v) is 8.09. The number of nitro benzene ring substituents is 1. The SMILES string of the molecule is CC(C)(C)c1[nH]cnc1/C=c1\[nH]c(=O)/c(=C/c2ccc([N+](=O)[O-])cc2)[nH]c1=O.O=C(O)C(F)(F)F. The fourth-order valence-corrected chi connectivity index (χ4v) is 2.71. The normalized spacial score (nSPS) is 12.7. The zero-order valence-electron chi connectivity index (χ0n) is 18.6. The Morgan fingerprint density at radius 2 is 1.51 bits per heavy atom. The number of carboxylic acids is 1. The molecule has 0 spiro atoms. The first-order chi connectivity index (χ1) is 16.1. The van der Waals surface area contributed by atoms with Crippen LogP contribution in [0.15, 0.2) is 40.2 Å². The maximum atomic E-state index is 12.4. The van der Waals surface area contributed by atoms with Crippen LogP contribution in [0.1, 0.15) is 37.7 Å². The molecule has 0 saturated carbocycles. The van der Waals surface area contributed by atoms with Crippen molar-refractivity contribution >= 4 is 23.8 Å². The molecule has 0 saturated heterocycles. The Morgan fingerprint density at radius 3 is 1.94 bits per heavy atom. The number of aliphatic carboxylic acids is 1. The van der Waals surface area contributed by atoms with Gasteiger partial charge in [0.2, 0.25) is 0 Å². The molecule has 0 radical (unpaired) electrons. The Balaban J connectivity index is 0.000000540. The number of alkyl halides is 3. The molecule has 0 aliphatic rings. The van der Waals surface area contributed by atoms with Crippen LogP contribution in [-0.4, -0.2) is 42.1 Å². The summed E-state index contributed by atoms with van der Waals surface area (Å²) >= 11 is 0. The van der Waals surface area contributed by atoms with E-state index in [-0.39, 0.29) is 21.8 Å². The minimum absolute atomic E-state index is 0.0501. The number of rotatable bonds is 3. The van der Waals surface area contributed by atoms with Gasteiger partial charge in [0.15, 0.2) is 0 Å². The van der Waals surface area contributed by atoms with Gasteiger partial charge in [-0.15, -0.1) is 0 Å². The quantitative estimate of drug-likeness (QED) is 0.313. The third-order valence-electron chi connectivity index (χ3n) is 4.34. The fraction of sp³-hybridized carbons (Fsp3) is 0.238. The van der Waals surface area contributed by atoms with Crippen LogP contribution in [0.5, 0.6) is 0 Å². The van der Waals surface area contributed by atoms with Gasteiger partial charge in [-0.05, 0) is 29.8 Å². The third kappa shape index (κ3) is 7.25. The van der Waals surface area contributed by atoms with Crippen molar-refractivity contribution in [2.75, 3.05) is 0 Å². The average Bonchev–Trinajstić information content (AvgIpc) is 3.20. The maximum absolute atomic E-state index is 12.4. The highest BCUT2D eigenvalue weighted by atomic mass is 19.4. The molecule has 35 heavy (non-hydrogen) atoms. The first-order valence-corrected chi connectivity index (χ1v) is 9.74. The molecule has 0 fully saturated rings. The first kappa shape index (κ1) is 26.8. The molecule has 14 heteroatoms. The molecule has 0 amide bonds. The van der Waals surface area contributed by atoms with E-state index in [1.54, 1.807) is 0 Å². The van der Waals surface area contributed by atoms with E-state index in [0.717, 1.165) is 5.69 Å². The van der Waals surface area contributed by atoms with E-state index in [0.29, 0.717) is 11.3 Å². The van der Waals surface area contributed by atoms with Crippen molar-refractivity contribution in [1.82, 2.24) is 19.9 Å². The molecule has 3 aromatic rings. The minimum atomic E-state index is -5.08. The monoisotopic (exact) mass is 495 g/mol. The summed E-state index contributed by atoms with van der Waals surface area (Å²) in [7, 11) is 0. The summed E-state index contributed by atoms with van der Waals surface area (Å²) < 4.78 is 31.7. The largest absolute Gasteiger partial charge is 0.490 e. The molecule has 2 heterocycles. The molecule has 3 rings (SSSR count). The smallest absolute Gasteiger partial charge is 0.475 e. The lowest BCUT2D eigenvalue weighted by Gasteiger charge is -2.16. The first-order valence-electron chi connectivity index (χ1n) is 9.74. The number of nitro groups is 1. The van der Waals surface area contributed by atoms with E-state index in [4.69, 9.17) is 9.90 Å². The number of aromatic nitrogens is 4. The van der Waals surface area contributed by atoms with E-state index >= 15 is 0 Å². The van der Waals surface area contributed by atoms with Crippen LogP contribution in [0, 0.1) is 10.1 Å². The molecule has 2 aromatic heterocycles. The van der Waals surface area contributed by atoms with E-state index < -0.39 is 28.2 Å². The number of carboxylic acid groups (broad SMARTS) is 1. The number of nitrogens with zero attached hydrogens (tertiary/aromatic N) is 2. The van der Waals surface area contributed by atoms with Crippen LogP contribution in [-0.2, 0) is 10.2 Å². The van der Waals surface area contributed by atoms with Gasteiger partial charge in [0.05, 0.1) is 16.9 Å². The van der Waals surface area contributed by atoms with E-state index in [1.807, 2.05) is 20.8 Å². The summed E-state index contributed by atoms with van der Waals surface area (Å²) in [6.45, 7) is 6.02. The number of nitrogens with one attached hydrogen (secondary N) is 3. The predicted molar refractivity (Wildman–Crippen MR) is 118 cm³/mol. The van der Waals surface area contributed by atoms with E-state index in [2.05, 4.69) is 19.9 Å². The van der Waals surface area contributed by atoms with Gasteiger partial charge in [-0.1, -0.05) is 20.8 Å². The molecular formula is C21H20F3N5O6. The van der Waals surface area contributed by atoms with Crippen molar-refractivity contribution < 1.29 is 28.0 Å². The van der Waals surface area contributed by atoms with Gasteiger partial charge < -0.3 is 20.1 Å². The van der Waals surface area contributed by atoms with Crippen molar-refractivity contribution in [1.29, 1.82) is 0 Å². The van der Waals surface area contributed by atoms with Gasteiger partial charge in [-0.3, -0.25) is 19.7 Å². The van der Waals surface area contributed by atoms with Gasteiger partial charge in [0.25, 0.3) is 16.8 Å². The molecule has 186 valence electrons. The third-order valence-corrected chi connectivity index (χ3v) is 4.34. The number of non-ortho nitro benzene ring substituents is 1. The van der Waals surface area contributed by atoms with Crippen LogP contribution in [0.25, 0.3) is 12.2 Å². The Morgan fingerprint density at radius 1 is 1.03 bits per heavy atom. The highest BCUT2D eigenvalue weighted by Crippen LogP contribution is 2.22. The molecule has 1 aromatic carbocycles. The maximum Gasteiger partial charge on any atom is 0.490 e. The van der Waals surface area contributed by atoms with Crippen LogP contribution < -0.4 is 21.8 Å².